The summed E-state index contributed by atoms with van der Waals surface area (Å²) in [6.45, 7) is 2.24. The lowest BCUT2D eigenvalue weighted by atomic mass is 9.96. The second-order valence-electron chi connectivity index (χ2n) is 6.89. The van der Waals surface area contributed by atoms with Crippen molar-refractivity contribution in [2.75, 3.05) is 6.61 Å². The first-order valence-corrected chi connectivity index (χ1v) is 11.2. The van der Waals surface area contributed by atoms with Crippen LogP contribution in [-0.4, -0.2) is 63.5 Å². The molecule has 0 saturated carbocycles. The molecule has 0 spiro atoms. The molecule has 0 radical (unpaired) electrons. The van der Waals surface area contributed by atoms with Crippen molar-refractivity contribution in [3.8, 4) is 0 Å². The van der Waals surface area contributed by atoms with Gasteiger partial charge in [-0.05, 0) is 6.42 Å². The Morgan fingerprint density at radius 2 is 1.16 bits per heavy atom. The average molecular weight is 476 g/mol. The number of aliphatic hydroxyl groups is 1. The van der Waals surface area contributed by atoms with Gasteiger partial charge in [-0.3, -0.25) is 13.8 Å². The first-order chi connectivity index (χ1) is 13.8. The SMILES string of the molecule is CCCCCCCCCCCCOS(=O)(=O)[O-].O=C(O)CC(O)(CC(=O)O)C(=O)O.[NH4+]. The van der Waals surface area contributed by atoms with E-state index >= 15 is 0 Å². The zero-order chi connectivity index (χ0) is 23.6. The van der Waals surface area contributed by atoms with Crippen LogP contribution < -0.4 is 6.15 Å². The van der Waals surface area contributed by atoms with Gasteiger partial charge >= 0.3 is 17.9 Å². The lowest BCUT2D eigenvalue weighted by Gasteiger charge is -2.18. The van der Waals surface area contributed by atoms with Crippen molar-refractivity contribution in [3.05, 3.63) is 0 Å². The van der Waals surface area contributed by atoms with E-state index in [1.54, 1.807) is 0 Å². The van der Waals surface area contributed by atoms with Gasteiger partial charge in [0.25, 0.3) is 0 Å². The standard InChI is InChI=1S/C12H26O4S.C6H8O7.H3N/c1-2-3-4-5-6-7-8-9-10-11-12-16-17(13,14)15;7-3(8)1-6(13,5(11)12)2-4(9)10;/h2-12H2,1H3,(H,13,14,15);13H,1-2H2,(H,7,8)(H,9,10)(H,11,12);1H3. The molecule has 0 rings (SSSR count). The van der Waals surface area contributed by atoms with Gasteiger partial charge in [0.2, 0.25) is 10.4 Å². The summed E-state index contributed by atoms with van der Waals surface area (Å²) in [6, 6.07) is 0. The van der Waals surface area contributed by atoms with Crippen LogP contribution in [0.25, 0.3) is 0 Å². The van der Waals surface area contributed by atoms with E-state index in [1.165, 1.54) is 44.9 Å². The predicted molar refractivity (Wildman–Crippen MR) is 111 cm³/mol. The number of aliphatic carboxylic acids is 3. The van der Waals surface area contributed by atoms with E-state index in [0.29, 0.717) is 6.42 Å². The third kappa shape index (κ3) is 24.3. The first-order valence-electron chi connectivity index (χ1n) is 9.83. The molecule has 0 bridgehead atoms. The largest absolute Gasteiger partial charge is 0.726 e. The zero-order valence-corrected chi connectivity index (χ0v) is 19.1. The van der Waals surface area contributed by atoms with Gasteiger partial charge in [-0.15, -0.1) is 0 Å². The van der Waals surface area contributed by atoms with E-state index in [2.05, 4.69) is 11.1 Å². The summed E-state index contributed by atoms with van der Waals surface area (Å²) in [5.74, 6) is -5.02. The molecule has 0 saturated heterocycles. The Kier molecular flexibility index (Phi) is 20.7. The summed E-state index contributed by atoms with van der Waals surface area (Å²) in [5, 5.41) is 33.8. The maximum absolute atomic E-state index is 10.3. The molecule has 0 amide bonds. The van der Waals surface area contributed by atoms with Gasteiger partial charge in [0, 0.05) is 0 Å². The summed E-state index contributed by atoms with van der Waals surface area (Å²) in [4.78, 5) is 30.5. The van der Waals surface area contributed by atoms with Crippen molar-refractivity contribution < 1.29 is 52.0 Å². The number of carboxylic acids is 3. The minimum Gasteiger partial charge on any atom is -0.726 e. The highest BCUT2D eigenvalue weighted by atomic mass is 32.3. The lowest BCUT2D eigenvalue weighted by Crippen LogP contribution is -2.42. The van der Waals surface area contributed by atoms with E-state index < -0.39 is 46.7 Å². The molecule has 0 heterocycles. The maximum Gasteiger partial charge on any atom is 0.336 e. The number of hydrogen-bond acceptors (Lipinski definition) is 8. The van der Waals surface area contributed by atoms with Crippen LogP contribution in [0.15, 0.2) is 0 Å². The van der Waals surface area contributed by atoms with Gasteiger partial charge in [-0.25, -0.2) is 13.2 Å². The zero-order valence-electron chi connectivity index (χ0n) is 18.2. The highest BCUT2D eigenvalue weighted by Crippen LogP contribution is 2.15. The Morgan fingerprint density at radius 3 is 1.45 bits per heavy atom. The fourth-order valence-corrected chi connectivity index (χ4v) is 2.79. The van der Waals surface area contributed by atoms with E-state index in [0.717, 1.165) is 12.8 Å². The number of quaternary nitrogens is 1. The summed E-state index contributed by atoms with van der Waals surface area (Å²) in [7, 11) is -4.48. The minimum atomic E-state index is -4.48. The fraction of sp³-hybridized carbons (Fsp3) is 0.833. The maximum atomic E-state index is 10.3. The topological polar surface area (TPSA) is 235 Å². The number of unbranched alkanes of at least 4 members (excludes halogenated alkanes) is 9. The third-order valence-corrected chi connectivity index (χ3v) is 4.47. The Balaban J connectivity index is -0.000000507. The Hall–Kier alpha value is -1.80. The second-order valence-corrected chi connectivity index (χ2v) is 7.94. The number of carbonyl (C=O) groups is 3. The van der Waals surface area contributed by atoms with Crippen LogP contribution in [0.2, 0.25) is 0 Å². The molecule has 13 heteroatoms. The van der Waals surface area contributed by atoms with Crippen molar-refractivity contribution in [1.29, 1.82) is 0 Å². The Bertz CT molecular complexity index is 592. The molecule has 0 aromatic rings. The molecule has 0 aromatic heterocycles. The number of hydrogen-bond donors (Lipinski definition) is 5. The Morgan fingerprint density at radius 1 is 0.806 bits per heavy atom. The molecule has 31 heavy (non-hydrogen) atoms. The molecule has 186 valence electrons. The molecule has 0 fully saturated rings. The van der Waals surface area contributed by atoms with Crippen molar-refractivity contribution in [2.45, 2.75) is 89.6 Å². The quantitative estimate of drug-likeness (QED) is 0.116. The molecule has 0 atom stereocenters. The molecule has 0 aliphatic rings. The van der Waals surface area contributed by atoms with Gasteiger partial charge in [-0.2, -0.15) is 0 Å². The van der Waals surface area contributed by atoms with Gasteiger partial charge in [0.15, 0.2) is 5.60 Å². The number of rotatable bonds is 17. The van der Waals surface area contributed by atoms with Crippen LogP contribution in [0.1, 0.15) is 84.0 Å². The van der Waals surface area contributed by atoms with Gasteiger partial charge < -0.3 is 31.1 Å². The van der Waals surface area contributed by atoms with Crippen molar-refractivity contribution in [2.24, 2.45) is 0 Å². The molecule has 0 aliphatic heterocycles. The molecule has 0 unspecified atom stereocenters. The van der Waals surface area contributed by atoms with E-state index in [9.17, 15) is 27.4 Å². The molecular weight excluding hydrogens is 438 g/mol. The summed E-state index contributed by atoms with van der Waals surface area (Å²) >= 11 is 0. The van der Waals surface area contributed by atoms with Crippen LogP contribution in [-0.2, 0) is 29.0 Å². The molecular formula is C18H37NO11S. The summed E-state index contributed by atoms with van der Waals surface area (Å²) in [5.41, 5.74) is -2.74. The first kappa shape index (κ1) is 33.8. The van der Waals surface area contributed by atoms with Crippen molar-refractivity contribution in [1.82, 2.24) is 6.15 Å². The average Bonchev–Trinajstić information content (AvgIpc) is 2.57. The van der Waals surface area contributed by atoms with Gasteiger partial charge in [-0.1, -0.05) is 64.7 Å². The molecule has 8 N–H and O–H groups in total. The smallest absolute Gasteiger partial charge is 0.336 e. The highest BCUT2D eigenvalue weighted by molar-refractivity contribution is 7.80. The van der Waals surface area contributed by atoms with Crippen LogP contribution in [0.4, 0.5) is 0 Å². The van der Waals surface area contributed by atoms with E-state index in [4.69, 9.17) is 20.4 Å². The lowest BCUT2D eigenvalue weighted by molar-refractivity contribution is -0.170. The van der Waals surface area contributed by atoms with Crippen LogP contribution in [0.3, 0.4) is 0 Å². The second kappa shape index (κ2) is 18.9. The number of carboxylic acid groups (broad SMARTS) is 3. The molecule has 0 aliphatic carbocycles. The third-order valence-electron chi connectivity index (χ3n) is 4.01. The van der Waals surface area contributed by atoms with E-state index in [1.807, 2.05) is 0 Å². The fourth-order valence-electron chi connectivity index (χ4n) is 2.46. The van der Waals surface area contributed by atoms with Crippen molar-refractivity contribution >= 4 is 28.3 Å². The Labute approximate surface area is 183 Å². The highest BCUT2D eigenvalue weighted by Gasteiger charge is 2.40. The molecule has 12 nitrogen and oxygen atoms in total. The monoisotopic (exact) mass is 475 g/mol. The minimum absolute atomic E-state index is 0. The van der Waals surface area contributed by atoms with Gasteiger partial charge in [0.1, 0.15) is 0 Å². The predicted octanol–water partition coefficient (Wildman–Crippen LogP) is 2.51. The summed E-state index contributed by atoms with van der Waals surface area (Å²) < 4.78 is 34.5. The van der Waals surface area contributed by atoms with Crippen LogP contribution in [0, 0.1) is 0 Å². The normalized spacial score (nSPS) is 11.1. The van der Waals surface area contributed by atoms with Gasteiger partial charge in [0.05, 0.1) is 19.4 Å². The van der Waals surface area contributed by atoms with E-state index in [-0.39, 0.29) is 12.8 Å². The molecule has 0 aromatic carbocycles. The van der Waals surface area contributed by atoms with Crippen LogP contribution >= 0.6 is 0 Å². The van der Waals surface area contributed by atoms with Crippen molar-refractivity contribution in [3.63, 3.8) is 0 Å². The summed E-state index contributed by atoms with van der Waals surface area (Å²) in [6.07, 6.45) is 9.41. The van der Waals surface area contributed by atoms with Crippen LogP contribution in [0.5, 0.6) is 0 Å².